The van der Waals surface area contributed by atoms with E-state index in [1.54, 1.807) is 25.7 Å². The van der Waals surface area contributed by atoms with E-state index >= 15 is 0 Å². The van der Waals surface area contributed by atoms with Crippen molar-refractivity contribution in [3.05, 3.63) is 0 Å². The van der Waals surface area contributed by atoms with Gasteiger partial charge in [-0.05, 0) is 58.8 Å². The summed E-state index contributed by atoms with van der Waals surface area (Å²) in [7, 11) is -1.83. The number of esters is 1. The summed E-state index contributed by atoms with van der Waals surface area (Å²) in [5.74, 6) is -0.107. The average Bonchev–Trinajstić information content (AvgIpc) is 2.96. The molecule has 0 aromatic carbocycles. The van der Waals surface area contributed by atoms with Crippen molar-refractivity contribution < 1.29 is 27.5 Å². The molecule has 2 atom stereocenters. The number of piperidine rings is 1. The van der Waals surface area contributed by atoms with Crippen molar-refractivity contribution in [2.45, 2.75) is 70.6 Å². The van der Waals surface area contributed by atoms with Crippen LogP contribution in [0.3, 0.4) is 0 Å². The van der Waals surface area contributed by atoms with Crippen LogP contribution in [-0.4, -0.2) is 73.8 Å². The summed E-state index contributed by atoms with van der Waals surface area (Å²) in [5.41, 5.74) is -0.647. The number of amides is 1. The smallest absolute Gasteiger partial charge is 0.411 e. The highest BCUT2D eigenvalue weighted by molar-refractivity contribution is 7.88. The Kier molecular flexibility index (Phi) is 6.78. The number of nitrogens with zero attached hydrogens (tertiary/aromatic N) is 2. The molecule has 8 nitrogen and oxygen atoms in total. The highest BCUT2D eigenvalue weighted by Gasteiger charge is 2.44. The molecule has 0 spiro atoms. The third-order valence-electron chi connectivity index (χ3n) is 5.23. The maximum absolute atomic E-state index is 12.7. The molecule has 156 valence electrons. The number of hydrogen-bond donors (Lipinski definition) is 0. The van der Waals surface area contributed by atoms with Crippen LogP contribution in [-0.2, 0) is 24.3 Å². The van der Waals surface area contributed by atoms with E-state index in [-0.39, 0.29) is 6.04 Å². The van der Waals surface area contributed by atoms with E-state index in [2.05, 4.69) is 0 Å². The lowest BCUT2D eigenvalue weighted by atomic mass is 9.90. The van der Waals surface area contributed by atoms with Crippen molar-refractivity contribution in [2.75, 3.05) is 26.5 Å². The van der Waals surface area contributed by atoms with Gasteiger partial charge < -0.3 is 9.47 Å². The first-order valence-electron chi connectivity index (χ1n) is 9.46. The number of hydrogen-bond acceptors (Lipinski definition) is 6. The van der Waals surface area contributed by atoms with Gasteiger partial charge in [0.15, 0.2) is 0 Å². The number of carbonyl (C=O) groups excluding carboxylic acids is 2. The van der Waals surface area contributed by atoms with Gasteiger partial charge in [-0.25, -0.2) is 22.3 Å². The molecule has 0 unspecified atom stereocenters. The van der Waals surface area contributed by atoms with Crippen LogP contribution in [0.4, 0.5) is 4.79 Å². The molecule has 1 amide bonds. The van der Waals surface area contributed by atoms with Crippen molar-refractivity contribution in [1.82, 2.24) is 9.21 Å². The van der Waals surface area contributed by atoms with Gasteiger partial charge in [0, 0.05) is 19.1 Å². The summed E-state index contributed by atoms with van der Waals surface area (Å²) in [6, 6.07) is -0.718. The molecule has 2 saturated heterocycles. The van der Waals surface area contributed by atoms with Crippen LogP contribution in [0.5, 0.6) is 0 Å². The molecule has 0 aromatic rings. The Morgan fingerprint density at radius 2 is 1.67 bits per heavy atom. The molecule has 0 aromatic heterocycles. The Morgan fingerprint density at radius 3 is 2.15 bits per heavy atom. The van der Waals surface area contributed by atoms with Crippen LogP contribution >= 0.6 is 0 Å². The van der Waals surface area contributed by atoms with Gasteiger partial charge in [-0.1, -0.05) is 0 Å². The van der Waals surface area contributed by atoms with Crippen molar-refractivity contribution in [3.8, 4) is 0 Å². The van der Waals surface area contributed by atoms with Gasteiger partial charge in [-0.15, -0.1) is 0 Å². The summed E-state index contributed by atoms with van der Waals surface area (Å²) in [5, 5.41) is 0. The molecule has 2 fully saturated rings. The summed E-state index contributed by atoms with van der Waals surface area (Å²) in [6.07, 6.45) is 4.27. The lowest BCUT2D eigenvalue weighted by Crippen LogP contribution is -2.48. The third-order valence-corrected chi connectivity index (χ3v) is 6.53. The zero-order valence-corrected chi connectivity index (χ0v) is 17.8. The normalized spacial score (nSPS) is 25.4. The maximum atomic E-state index is 12.7. The monoisotopic (exact) mass is 404 g/mol. The largest absolute Gasteiger partial charge is 0.467 e. The van der Waals surface area contributed by atoms with Gasteiger partial charge in [0.25, 0.3) is 0 Å². The molecule has 0 aliphatic carbocycles. The second-order valence-electron chi connectivity index (χ2n) is 8.50. The topological polar surface area (TPSA) is 93.2 Å². The quantitative estimate of drug-likeness (QED) is 0.665. The maximum Gasteiger partial charge on any atom is 0.411 e. The predicted molar refractivity (Wildman–Crippen MR) is 101 cm³/mol. The fraction of sp³-hybridized carbons (Fsp3) is 0.889. The van der Waals surface area contributed by atoms with Crippen molar-refractivity contribution in [1.29, 1.82) is 0 Å². The molecule has 2 aliphatic rings. The zero-order valence-electron chi connectivity index (χ0n) is 16.9. The molecule has 2 aliphatic heterocycles. The summed E-state index contributed by atoms with van der Waals surface area (Å²) in [6.45, 7) is 6.39. The molecule has 9 heteroatoms. The minimum Gasteiger partial charge on any atom is -0.467 e. The Bertz CT molecular complexity index is 649. The molecule has 0 bridgehead atoms. The number of carbonyl (C=O) groups is 2. The van der Waals surface area contributed by atoms with Crippen molar-refractivity contribution >= 4 is 22.1 Å². The molecule has 0 radical (unpaired) electrons. The molecular weight excluding hydrogens is 372 g/mol. The lowest BCUT2D eigenvalue weighted by molar-refractivity contribution is -0.146. The third kappa shape index (κ3) is 5.81. The molecular formula is C18H32N2O6S. The standard InChI is InChI=1S/C18H32N2O6S/c1-18(2,3)26-17(22)20-14(6-7-15(20)16(21)25-4)12-13-8-10-19(11-9-13)27(5,23)24/h13-15H,6-12H2,1-5H3/t14-,15+/m0/s1. The average molecular weight is 405 g/mol. The number of rotatable bonds is 4. The first-order chi connectivity index (χ1) is 12.4. The van der Waals surface area contributed by atoms with Crippen molar-refractivity contribution in [2.24, 2.45) is 5.92 Å². The Hall–Kier alpha value is -1.35. The summed E-state index contributed by atoms with van der Waals surface area (Å²) >= 11 is 0. The number of sulfonamides is 1. The molecule has 27 heavy (non-hydrogen) atoms. The van der Waals surface area contributed by atoms with E-state index < -0.39 is 33.7 Å². The molecule has 2 rings (SSSR count). The summed E-state index contributed by atoms with van der Waals surface area (Å²) < 4.78 is 35.2. The van der Waals surface area contributed by atoms with Crippen molar-refractivity contribution in [3.63, 3.8) is 0 Å². The Morgan fingerprint density at radius 1 is 1.07 bits per heavy atom. The first kappa shape index (κ1) is 21.9. The fourth-order valence-corrected chi connectivity index (χ4v) is 4.81. The van der Waals surface area contributed by atoms with Gasteiger partial charge in [0.1, 0.15) is 11.6 Å². The molecule has 0 N–H and O–H groups in total. The second-order valence-corrected chi connectivity index (χ2v) is 10.5. The Balaban J connectivity index is 2.06. The van der Waals surface area contributed by atoms with Gasteiger partial charge >= 0.3 is 12.1 Å². The van der Waals surface area contributed by atoms with Gasteiger partial charge in [-0.3, -0.25) is 4.90 Å². The number of likely N-dealkylation sites (tertiary alicyclic amines) is 1. The summed E-state index contributed by atoms with van der Waals surface area (Å²) in [4.78, 5) is 26.4. The van der Waals surface area contributed by atoms with Crippen LogP contribution in [0, 0.1) is 5.92 Å². The van der Waals surface area contributed by atoms with Crippen LogP contribution in [0.25, 0.3) is 0 Å². The minimum atomic E-state index is -3.16. The van der Waals surface area contributed by atoms with E-state index in [4.69, 9.17) is 9.47 Å². The molecule has 2 heterocycles. The minimum absolute atomic E-state index is 0.0984. The number of methoxy groups -OCH3 is 1. The lowest BCUT2D eigenvalue weighted by Gasteiger charge is -2.35. The van der Waals surface area contributed by atoms with Crippen LogP contribution in [0.2, 0.25) is 0 Å². The van der Waals surface area contributed by atoms with E-state index in [1.807, 2.05) is 0 Å². The number of ether oxygens (including phenoxy) is 2. The fourth-order valence-electron chi connectivity index (χ4n) is 3.93. The zero-order chi connectivity index (χ0) is 20.4. The van der Waals surface area contributed by atoms with E-state index in [9.17, 15) is 18.0 Å². The van der Waals surface area contributed by atoms with Gasteiger partial charge in [-0.2, -0.15) is 0 Å². The van der Waals surface area contributed by atoms with Crippen LogP contribution < -0.4 is 0 Å². The molecule has 0 saturated carbocycles. The highest BCUT2D eigenvalue weighted by atomic mass is 32.2. The van der Waals surface area contributed by atoms with Gasteiger partial charge in [0.05, 0.1) is 13.4 Å². The Labute approximate surface area is 162 Å². The van der Waals surface area contributed by atoms with E-state index in [0.29, 0.717) is 31.8 Å². The van der Waals surface area contributed by atoms with Gasteiger partial charge in [0.2, 0.25) is 10.0 Å². The van der Waals surface area contributed by atoms with Crippen LogP contribution in [0.1, 0.15) is 52.9 Å². The highest BCUT2D eigenvalue weighted by Crippen LogP contribution is 2.34. The first-order valence-corrected chi connectivity index (χ1v) is 11.3. The van der Waals surface area contributed by atoms with E-state index in [0.717, 1.165) is 19.3 Å². The SMILES string of the molecule is COC(=O)[C@H]1CC[C@@H](CC2CCN(S(C)(=O)=O)CC2)N1C(=O)OC(C)(C)C. The second kappa shape index (κ2) is 8.34. The van der Waals surface area contributed by atoms with Crippen LogP contribution in [0.15, 0.2) is 0 Å². The van der Waals surface area contributed by atoms with E-state index in [1.165, 1.54) is 17.7 Å². The predicted octanol–water partition coefficient (Wildman–Crippen LogP) is 1.99.